The molecule has 0 unspecified atom stereocenters. The molecule has 3 aromatic rings. The van der Waals surface area contributed by atoms with Crippen molar-refractivity contribution in [3.8, 4) is 21.6 Å². The van der Waals surface area contributed by atoms with Crippen LogP contribution in [0.2, 0.25) is 0 Å². The molecule has 0 saturated carbocycles. The molecule has 0 radical (unpaired) electrons. The van der Waals surface area contributed by atoms with E-state index in [9.17, 15) is 9.59 Å². The number of aldehydes is 2. The molecule has 0 aliphatic rings. The van der Waals surface area contributed by atoms with Crippen molar-refractivity contribution in [2.75, 3.05) is 0 Å². The van der Waals surface area contributed by atoms with Gasteiger partial charge < -0.3 is 0 Å². The van der Waals surface area contributed by atoms with Crippen LogP contribution in [0.4, 0.5) is 0 Å². The average Bonchev–Trinajstić information content (AvgIpc) is 3.03. The van der Waals surface area contributed by atoms with Gasteiger partial charge in [0.05, 0.1) is 4.88 Å². The van der Waals surface area contributed by atoms with Crippen molar-refractivity contribution < 1.29 is 9.59 Å². The van der Waals surface area contributed by atoms with Crippen LogP contribution in [-0.2, 0) is 0 Å². The molecular weight excluding hydrogens is 328 g/mol. The molecule has 126 valence electrons. The van der Waals surface area contributed by atoms with E-state index in [2.05, 4.69) is 38.1 Å². The minimum Gasteiger partial charge on any atom is -0.298 e. The van der Waals surface area contributed by atoms with E-state index in [1.54, 1.807) is 0 Å². The van der Waals surface area contributed by atoms with Gasteiger partial charge in [0.2, 0.25) is 0 Å². The van der Waals surface area contributed by atoms with Crippen molar-refractivity contribution in [3.63, 3.8) is 0 Å². The van der Waals surface area contributed by atoms with Crippen molar-refractivity contribution in [3.05, 3.63) is 69.1 Å². The van der Waals surface area contributed by atoms with Gasteiger partial charge in [-0.15, -0.1) is 11.3 Å². The molecule has 2 aromatic carbocycles. The molecule has 0 amide bonds. The molecule has 0 saturated heterocycles. The molecule has 0 bridgehead atoms. The third kappa shape index (κ3) is 3.20. The van der Waals surface area contributed by atoms with Crippen molar-refractivity contribution in [1.82, 2.24) is 0 Å². The van der Waals surface area contributed by atoms with Crippen molar-refractivity contribution >= 4 is 23.9 Å². The van der Waals surface area contributed by atoms with Gasteiger partial charge in [0, 0.05) is 10.4 Å². The van der Waals surface area contributed by atoms with Crippen LogP contribution in [0.25, 0.3) is 21.6 Å². The van der Waals surface area contributed by atoms with Gasteiger partial charge >= 0.3 is 0 Å². The Kier molecular flexibility index (Phi) is 4.69. The number of hydrogen-bond acceptors (Lipinski definition) is 3. The highest BCUT2D eigenvalue weighted by Gasteiger charge is 2.13. The Balaban J connectivity index is 2.12. The molecule has 0 N–H and O–H groups in total. The van der Waals surface area contributed by atoms with Crippen LogP contribution in [0.3, 0.4) is 0 Å². The topological polar surface area (TPSA) is 34.1 Å². The zero-order valence-electron chi connectivity index (χ0n) is 14.8. The normalized spacial score (nSPS) is 10.7. The highest BCUT2D eigenvalue weighted by molar-refractivity contribution is 7.17. The Bertz CT molecular complexity index is 933. The maximum absolute atomic E-state index is 11.2. The summed E-state index contributed by atoms with van der Waals surface area (Å²) in [5, 5.41) is 0. The molecule has 0 fully saturated rings. The second-order valence-corrected chi connectivity index (χ2v) is 7.56. The van der Waals surface area contributed by atoms with Crippen LogP contribution in [0.1, 0.15) is 42.3 Å². The lowest BCUT2D eigenvalue weighted by Gasteiger charge is -2.15. The largest absolute Gasteiger partial charge is 0.298 e. The van der Waals surface area contributed by atoms with Gasteiger partial charge in [0.15, 0.2) is 12.6 Å². The molecule has 3 heteroatoms. The fourth-order valence-electron chi connectivity index (χ4n) is 3.44. The van der Waals surface area contributed by atoms with Crippen LogP contribution in [0.5, 0.6) is 0 Å². The van der Waals surface area contributed by atoms with Gasteiger partial charge in [0.25, 0.3) is 0 Å². The first-order valence-corrected chi connectivity index (χ1v) is 8.99. The highest BCUT2D eigenvalue weighted by atomic mass is 32.1. The monoisotopic (exact) mass is 348 g/mol. The van der Waals surface area contributed by atoms with Gasteiger partial charge in [-0.25, -0.2) is 0 Å². The molecule has 0 aliphatic heterocycles. The molecule has 2 nitrogen and oxygen atoms in total. The first-order valence-electron chi connectivity index (χ1n) is 8.18. The summed E-state index contributed by atoms with van der Waals surface area (Å²) < 4.78 is 0. The predicted molar refractivity (Wildman–Crippen MR) is 105 cm³/mol. The van der Waals surface area contributed by atoms with Crippen LogP contribution in [0, 0.1) is 27.7 Å². The summed E-state index contributed by atoms with van der Waals surface area (Å²) in [6.07, 6.45) is 1.82. The molecular formula is C22H20O2S. The van der Waals surface area contributed by atoms with Gasteiger partial charge in [0.1, 0.15) is 0 Å². The van der Waals surface area contributed by atoms with Crippen LogP contribution in [0.15, 0.2) is 36.4 Å². The van der Waals surface area contributed by atoms with Gasteiger partial charge in [-0.1, -0.05) is 12.1 Å². The lowest BCUT2D eigenvalue weighted by molar-refractivity contribution is 0.111. The molecule has 1 heterocycles. The molecule has 0 spiro atoms. The SMILES string of the molecule is Cc1cc(-c2c(C)cc(-c3ccc(C=O)s3)cc2C)cc(C)c1C=O. The van der Waals surface area contributed by atoms with E-state index in [1.807, 2.05) is 26.0 Å². The van der Waals surface area contributed by atoms with E-state index in [1.165, 1.54) is 28.0 Å². The average molecular weight is 348 g/mol. The third-order valence-corrected chi connectivity index (χ3v) is 5.62. The smallest absolute Gasteiger partial charge is 0.160 e. The lowest BCUT2D eigenvalue weighted by Crippen LogP contribution is -1.96. The molecule has 25 heavy (non-hydrogen) atoms. The summed E-state index contributed by atoms with van der Waals surface area (Å²) in [5.74, 6) is 0. The van der Waals surface area contributed by atoms with E-state index >= 15 is 0 Å². The Hall–Kier alpha value is -2.52. The second-order valence-electron chi connectivity index (χ2n) is 6.45. The summed E-state index contributed by atoms with van der Waals surface area (Å²) >= 11 is 1.51. The fraction of sp³-hybridized carbons (Fsp3) is 0.182. The van der Waals surface area contributed by atoms with E-state index in [-0.39, 0.29) is 0 Å². The predicted octanol–water partition coefficient (Wildman–Crippen LogP) is 5.94. The third-order valence-electron chi connectivity index (χ3n) is 4.56. The Labute approximate surface area is 152 Å². The number of hydrogen-bond donors (Lipinski definition) is 0. The van der Waals surface area contributed by atoms with Crippen molar-refractivity contribution in [1.29, 1.82) is 0 Å². The van der Waals surface area contributed by atoms with E-state index in [0.717, 1.165) is 50.1 Å². The number of benzene rings is 2. The highest BCUT2D eigenvalue weighted by Crippen LogP contribution is 2.35. The summed E-state index contributed by atoms with van der Waals surface area (Å²) in [7, 11) is 0. The maximum atomic E-state index is 11.2. The second kappa shape index (κ2) is 6.77. The number of thiophene rings is 1. The summed E-state index contributed by atoms with van der Waals surface area (Å²) in [4.78, 5) is 24.0. The molecule has 0 atom stereocenters. The fourth-order valence-corrected chi connectivity index (χ4v) is 4.25. The lowest BCUT2D eigenvalue weighted by atomic mass is 9.90. The number of carbonyl (C=O) groups is 2. The number of carbonyl (C=O) groups excluding carboxylic acids is 2. The number of rotatable bonds is 4. The Morgan fingerprint density at radius 2 is 1.28 bits per heavy atom. The molecule has 3 rings (SSSR count). The summed E-state index contributed by atoms with van der Waals surface area (Å²) in [6.45, 7) is 8.18. The first-order chi connectivity index (χ1) is 11.9. The summed E-state index contributed by atoms with van der Waals surface area (Å²) in [5.41, 5.74) is 8.64. The minimum atomic E-state index is 0.741. The quantitative estimate of drug-likeness (QED) is 0.547. The molecule has 1 aromatic heterocycles. The number of aryl methyl sites for hydroxylation is 4. The molecule has 0 aliphatic carbocycles. The Morgan fingerprint density at radius 3 is 1.76 bits per heavy atom. The Morgan fingerprint density at radius 1 is 0.720 bits per heavy atom. The zero-order chi connectivity index (χ0) is 18.1. The maximum Gasteiger partial charge on any atom is 0.160 e. The van der Waals surface area contributed by atoms with Gasteiger partial charge in [-0.05, 0) is 90.9 Å². The van der Waals surface area contributed by atoms with E-state index in [4.69, 9.17) is 0 Å². The van der Waals surface area contributed by atoms with Crippen molar-refractivity contribution in [2.24, 2.45) is 0 Å². The van der Waals surface area contributed by atoms with Crippen LogP contribution in [-0.4, -0.2) is 12.6 Å². The van der Waals surface area contributed by atoms with Gasteiger partial charge in [-0.3, -0.25) is 9.59 Å². The van der Waals surface area contributed by atoms with Crippen LogP contribution < -0.4 is 0 Å². The van der Waals surface area contributed by atoms with Gasteiger partial charge in [-0.2, -0.15) is 0 Å². The zero-order valence-corrected chi connectivity index (χ0v) is 15.7. The van der Waals surface area contributed by atoms with Crippen LogP contribution >= 0.6 is 11.3 Å². The van der Waals surface area contributed by atoms with E-state index < -0.39 is 0 Å². The summed E-state index contributed by atoms with van der Waals surface area (Å²) in [6, 6.07) is 12.4. The first kappa shape index (κ1) is 17.3. The minimum absolute atomic E-state index is 0.741. The standard InChI is InChI=1S/C22H20O2S/c1-13-7-18(8-14(2)20(13)12-24)22-15(3)9-17(10-16(22)4)21-6-5-19(11-23)25-21/h5-12H,1-4H3. The van der Waals surface area contributed by atoms with E-state index in [0.29, 0.717) is 0 Å². The van der Waals surface area contributed by atoms with Crippen molar-refractivity contribution in [2.45, 2.75) is 27.7 Å².